The average molecular weight is 264 g/mol. The van der Waals surface area contributed by atoms with E-state index >= 15 is 0 Å². The fourth-order valence-corrected chi connectivity index (χ4v) is 2.09. The third kappa shape index (κ3) is 3.23. The summed E-state index contributed by atoms with van der Waals surface area (Å²) in [5, 5.41) is 24.0. The second-order valence-corrected chi connectivity index (χ2v) is 4.53. The van der Waals surface area contributed by atoms with Gasteiger partial charge in [-0.05, 0) is 37.6 Å². The summed E-state index contributed by atoms with van der Waals surface area (Å²) < 4.78 is 0. The minimum Gasteiger partial charge on any atom is -0.507 e. The van der Waals surface area contributed by atoms with E-state index in [1.165, 1.54) is 18.2 Å². The molecule has 1 aliphatic rings. The maximum absolute atomic E-state index is 12.0. The van der Waals surface area contributed by atoms with E-state index in [2.05, 4.69) is 10.6 Å². The quantitative estimate of drug-likeness (QED) is 0.614. The SMILES string of the molecule is O=C(O)c1cc(NC(=O)C2CCCCN2)ccc1O. The van der Waals surface area contributed by atoms with Crippen LogP contribution in [0.25, 0.3) is 0 Å². The maximum Gasteiger partial charge on any atom is 0.339 e. The van der Waals surface area contributed by atoms with Gasteiger partial charge in [-0.1, -0.05) is 6.42 Å². The molecule has 2 rings (SSSR count). The van der Waals surface area contributed by atoms with Gasteiger partial charge in [0, 0.05) is 5.69 Å². The molecular weight excluding hydrogens is 248 g/mol. The van der Waals surface area contributed by atoms with E-state index in [1.54, 1.807) is 0 Å². The molecule has 0 spiro atoms. The monoisotopic (exact) mass is 264 g/mol. The summed E-state index contributed by atoms with van der Waals surface area (Å²) in [7, 11) is 0. The van der Waals surface area contributed by atoms with Gasteiger partial charge in [-0.3, -0.25) is 4.79 Å². The predicted octanol–water partition coefficient (Wildman–Crippen LogP) is 1.17. The van der Waals surface area contributed by atoms with Crippen molar-refractivity contribution in [1.82, 2.24) is 5.32 Å². The lowest BCUT2D eigenvalue weighted by Gasteiger charge is -2.22. The number of carboxylic acids is 1. The summed E-state index contributed by atoms with van der Waals surface area (Å²) in [6.07, 6.45) is 2.84. The standard InChI is InChI=1S/C13H16N2O4/c16-11-5-4-8(7-9(11)13(18)19)15-12(17)10-3-1-2-6-14-10/h4-5,7,10,14,16H,1-3,6H2,(H,15,17)(H,18,19). The molecule has 6 heteroatoms. The number of carbonyl (C=O) groups excluding carboxylic acids is 1. The molecule has 102 valence electrons. The Morgan fingerprint density at radius 3 is 2.74 bits per heavy atom. The number of anilines is 1. The lowest BCUT2D eigenvalue weighted by atomic mass is 10.0. The van der Waals surface area contributed by atoms with Crippen LogP contribution in [0.15, 0.2) is 18.2 Å². The Kier molecular flexibility index (Phi) is 4.01. The van der Waals surface area contributed by atoms with Crippen molar-refractivity contribution in [3.8, 4) is 5.75 Å². The highest BCUT2D eigenvalue weighted by molar-refractivity contribution is 5.97. The zero-order valence-corrected chi connectivity index (χ0v) is 10.3. The number of carbonyl (C=O) groups is 2. The zero-order valence-electron chi connectivity index (χ0n) is 10.3. The Morgan fingerprint density at radius 2 is 2.11 bits per heavy atom. The fourth-order valence-electron chi connectivity index (χ4n) is 2.09. The van der Waals surface area contributed by atoms with Crippen LogP contribution >= 0.6 is 0 Å². The lowest BCUT2D eigenvalue weighted by Crippen LogP contribution is -2.43. The first-order chi connectivity index (χ1) is 9.08. The average Bonchev–Trinajstić information content (AvgIpc) is 2.41. The van der Waals surface area contributed by atoms with Crippen LogP contribution in [0.3, 0.4) is 0 Å². The van der Waals surface area contributed by atoms with Crippen molar-refractivity contribution in [3.05, 3.63) is 23.8 Å². The Labute approximate surface area is 110 Å². The number of hydrogen-bond donors (Lipinski definition) is 4. The number of amides is 1. The predicted molar refractivity (Wildman–Crippen MR) is 69.3 cm³/mol. The molecule has 4 N–H and O–H groups in total. The molecule has 1 atom stereocenters. The van der Waals surface area contributed by atoms with Gasteiger partial charge in [0.2, 0.25) is 5.91 Å². The smallest absolute Gasteiger partial charge is 0.339 e. The van der Waals surface area contributed by atoms with E-state index in [0.717, 1.165) is 25.8 Å². The highest BCUT2D eigenvalue weighted by atomic mass is 16.4. The van der Waals surface area contributed by atoms with Gasteiger partial charge in [0.1, 0.15) is 11.3 Å². The highest BCUT2D eigenvalue weighted by Gasteiger charge is 2.21. The first kappa shape index (κ1) is 13.4. The van der Waals surface area contributed by atoms with Crippen LogP contribution in [0.2, 0.25) is 0 Å². The van der Waals surface area contributed by atoms with Crippen LogP contribution in [0.5, 0.6) is 5.75 Å². The van der Waals surface area contributed by atoms with E-state index in [-0.39, 0.29) is 23.3 Å². The minimum absolute atomic E-state index is 0.179. The molecule has 0 saturated carbocycles. The number of aromatic carboxylic acids is 1. The molecular formula is C13H16N2O4. The molecule has 0 bridgehead atoms. The lowest BCUT2D eigenvalue weighted by molar-refractivity contribution is -0.118. The number of carboxylic acid groups (broad SMARTS) is 1. The number of rotatable bonds is 3. The molecule has 1 fully saturated rings. The van der Waals surface area contributed by atoms with E-state index in [1.807, 2.05) is 0 Å². The second-order valence-electron chi connectivity index (χ2n) is 4.53. The maximum atomic E-state index is 12.0. The molecule has 19 heavy (non-hydrogen) atoms. The second kappa shape index (κ2) is 5.71. The van der Waals surface area contributed by atoms with Gasteiger partial charge in [-0.25, -0.2) is 4.79 Å². The summed E-state index contributed by atoms with van der Waals surface area (Å²) in [5.41, 5.74) is 0.141. The number of hydrogen-bond acceptors (Lipinski definition) is 4. The van der Waals surface area contributed by atoms with Crippen molar-refractivity contribution in [1.29, 1.82) is 0 Å². The first-order valence-corrected chi connectivity index (χ1v) is 6.18. The molecule has 1 amide bonds. The Bertz CT molecular complexity index is 495. The summed E-state index contributed by atoms with van der Waals surface area (Å²) >= 11 is 0. The molecule has 1 unspecified atom stereocenters. The Hall–Kier alpha value is -2.08. The molecule has 0 radical (unpaired) electrons. The van der Waals surface area contributed by atoms with E-state index < -0.39 is 5.97 Å². The first-order valence-electron chi connectivity index (χ1n) is 6.18. The summed E-state index contributed by atoms with van der Waals surface area (Å²) in [5.74, 6) is -1.73. The van der Waals surface area contributed by atoms with Crippen LogP contribution in [-0.2, 0) is 4.79 Å². The molecule has 1 aromatic rings. The van der Waals surface area contributed by atoms with Crippen molar-refractivity contribution in [2.45, 2.75) is 25.3 Å². The summed E-state index contributed by atoms with van der Waals surface area (Å²) in [4.78, 5) is 22.8. The number of piperidine rings is 1. The van der Waals surface area contributed by atoms with Crippen LogP contribution in [-0.4, -0.2) is 34.7 Å². The van der Waals surface area contributed by atoms with Crippen LogP contribution in [0.1, 0.15) is 29.6 Å². The van der Waals surface area contributed by atoms with E-state index in [4.69, 9.17) is 5.11 Å². The largest absolute Gasteiger partial charge is 0.507 e. The highest BCUT2D eigenvalue weighted by Crippen LogP contribution is 2.22. The van der Waals surface area contributed by atoms with Crippen molar-refractivity contribution < 1.29 is 19.8 Å². The zero-order chi connectivity index (χ0) is 13.8. The van der Waals surface area contributed by atoms with Crippen LogP contribution < -0.4 is 10.6 Å². The third-order valence-electron chi connectivity index (χ3n) is 3.12. The van der Waals surface area contributed by atoms with Crippen molar-refractivity contribution >= 4 is 17.6 Å². The van der Waals surface area contributed by atoms with Gasteiger partial charge in [0.25, 0.3) is 0 Å². The molecule has 1 aromatic carbocycles. The van der Waals surface area contributed by atoms with Crippen LogP contribution in [0, 0.1) is 0 Å². The summed E-state index contributed by atoms with van der Waals surface area (Å²) in [6.45, 7) is 0.814. The van der Waals surface area contributed by atoms with Gasteiger partial charge in [-0.2, -0.15) is 0 Å². The molecule has 6 nitrogen and oxygen atoms in total. The van der Waals surface area contributed by atoms with E-state index in [9.17, 15) is 14.7 Å². The number of aromatic hydroxyl groups is 1. The number of nitrogens with one attached hydrogen (secondary N) is 2. The molecule has 1 heterocycles. The fraction of sp³-hybridized carbons (Fsp3) is 0.385. The van der Waals surface area contributed by atoms with Gasteiger partial charge in [0.05, 0.1) is 6.04 Å². The molecule has 0 aliphatic carbocycles. The number of phenols is 1. The Morgan fingerprint density at radius 1 is 1.32 bits per heavy atom. The van der Waals surface area contributed by atoms with Gasteiger partial charge in [0.15, 0.2) is 0 Å². The number of benzene rings is 1. The third-order valence-corrected chi connectivity index (χ3v) is 3.12. The van der Waals surface area contributed by atoms with Crippen molar-refractivity contribution in [2.24, 2.45) is 0 Å². The van der Waals surface area contributed by atoms with Gasteiger partial charge in [-0.15, -0.1) is 0 Å². The van der Waals surface area contributed by atoms with Crippen molar-refractivity contribution in [3.63, 3.8) is 0 Å². The van der Waals surface area contributed by atoms with Gasteiger partial charge < -0.3 is 20.8 Å². The summed E-state index contributed by atoms with van der Waals surface area (Å²) in [6, 6.07) is 3.74. The molecule has 1 aliphatic heterocycles. The normalized spacial score (nSPS) is 18.8. The van der Waals surface area contributed by atoms with Gasteiger partial charge >= 0.3 is 5.97 Å². The molecule has 1 saturated heterocycles. The van der Waals surface area contributed by atoms with E-state index in [0.29, 0.717) is 5.69 Å². The Balaban J connectivity index is 2.08. The topological polar surface area (TPSA) is 98.7 Å². The van der Waals surface area contributed by atoms with Crippen LogP contribution in [0.4, 0.5) is 5.69 Å². The molecule has 0 aromatic heterocycles. The minimum atomic E-state index is -1.23. The van der Waals surface area contributed by atoms with Crippen molar-refractivity contribution in [2.75, 3.05) is 11.9 Å².